The highest BCUT2D eigenvalue weighted by atomic mass is 16.2. The van der Waals surface area contributed by atoms with Crippen LogP contribution in [0.15, 0.2) is 48.7 Å². The maximum Gasteiger partial charge on any atom is 0.238 e. The molecule has 146 valence electrons. The molecule has 1 saturated carbocycles. The van der Waals surface area contributed by atoms with Gasteiger partial charge in [0.05, 0.1) is 0 Å². The molecule has 1 saturated heterocycles. The second-order valence-corrected chi connectivity index (χ2v) is 7.72. The summed E-state index contributed by atoms with van der Waals surface area (Å²) in [5, 5.41) is 2.98. The van der Waals surface area contributed by atoms with E-state index < -0.39 is 5.41 Å². The predicted molar refractivity (Wildman–Crippen MR) is 108 cm³/mol. The Morgan fingerprint density at radius 2 is 1.86 bits per heavy atom. The van der Waals surface area contributed by atoms with Gasteiger partial charge in [-0.25, -0.2) is 4.98 Å². The number of benzene rings is 1. The Hall–Kier alpha value is -2.89. The van der Waals surface area contributed by atoms with Crippen molar-refractivity contribution >= 4 is 17.6 Å². The van der Waals surface area contributed by atoms with Crippen LogP contribution in [0.25, 0.3) is 0 Å². The van der Waals surface area contributed by atoms with Crippen molar-refractivity contribution in [3.05, 3.63) is 59.8 Å². The molecule has 0 unspecified atom stereocenters. The van der Waals surface area contributed by atoms with Gasteiger partial charge >= 0.3 is 0 Å². The highest BCUT2D eigenvalue weighted by Gasteiger charge is 2.58. The number of aryl methyl sites for hydroxylation is 1. The molecule has 2 amide bonds. The number of nitrogens with one attached hydrogen (secondary N) is 1. The van der Waals surface area contributed by atoms with E-state index in [0.29, 0.717) is 32.5 Å². The van der Waals surface area contributed by atoms with Crippen molar-refractivity contribution in [3.63, 3.8) is 0 Å². The second kappa shape index (κ2) is 7.62. The highest BCUT2D eigenvalue weighted by molar-refractivity contribution is 6.07. The lowest BCUT2D eigenvalue weighted by Gasteiger charge is -2.36. The van der Waals surface area contributed by atoms with E-state index in [9.17, 15) is 9.59 Å². The fourth-order valence-corrected chi connectivity index (χ4v) is 3.82. The Kier molecular flexibility index (Phi) is 5.03. The fraction of sp³-hybridized carbons (Fsp3) is 0.409. The average Bonchev–Trinajstić information content (AvgIpc) is 3.54. The van der Waals surface area contributed by atoms with Crippen molar-refractivity contribution in [2.24, 2.45) is 5.41 Å². The van der Waals surface area contributed by atoms with E-state index in [2.05, 4.69) is 21.3 Å². The summed E-state index contributed by atoms with van der Waals surface area (Å²) in [6.07, 6.45) is 3.07. The fourth-order valence-electron chi connectivity index (χ4n) is 3.82. The number of pyridine rings is 1. The maximum absolute atomic E-state index is 13.1. The van der Waals surface area contributed by atoms with Gasteiger partial charge in [0.15, 0.2) is 0 Å². The normalized spacial score (nSPS) is 17.9. The standard InChI is InChI=1S/C22H26N4O2/c1-17-5-4-6-18(15-17)16-24-20(27)22(8-9-22)21(28)26-13-11-25(12-14-26)19-7-2-3-10-23-19/h2-7,10,15H,8-9,11-14,16H2,1H3,(H,24,27). The van der Waals surface area contributed by atoms with Gasteiger partial charge in [-0.2, -0.15) is 0 Å². The van der Waals surface area contributed by atoms with Crippen LogP contribution in [-0.2, 0) is 16.1 Å². The molecule has 1 aromatic carbocycles. The molecule has 1 aliphatic heterocycles. The van der Waals surface area contributed by atoms with E-state index in [-0.39, 0.29) is 11.8 Å². The van der Waals surface area contributed by atoms with Gasteiger partial charge < -0.3 is 15.1 Å². The van der Waals surface area contributed by atoms with Gasteiger partial charge in [0, 0.05) is 38.9 Å². The number of aromatic nitrogens is 1. The first kappa shape index (κ1) is 18.5. The number of nitrogens with zero attached hydrogens (tertiary/aromatic N) is 3. The molecular weight excluding hydrogens is 352 g/mol. The van der Waals surface area contributed by atoms with E-state index >= 15 is 0 Å². The van der Waals surface area contributed by atoms with Crippen molar-refractivity contribution in [1.82, 2.24) is 15.2 Å². The molecule has 6 nitrogen and oxygen atoms in total. The van der Waals surface area contributed by atoms with Crippen LogP contribution in [0.4, 0.5) is 5.82 Å². The molecule has 2 heterocycles. The van der Waals surface area contributed by atoms with Gasteiger partial charge in [-0.1, -0.05) is 35.9 Å². The smallest absolute Gasteiger partial charge is 0.238 e. The summed E-state index contributed by atoms with van der Waals surface area (Å²) in [6, 6.07) is 13.9. The van der Waals surface area contributed by atoms with Gasteiger partial charge in [0.2, 0.25) is 11.8 Å². The van der Waals surface area contributed by atoms with Crippen molar-refractivity contribution < 1.29 is 9.59 Å². The van der Waals surface area contributed by atoms with Crippen molar-refractivity contribution in [1.29, 1.82) is 0 Å². The van der Waals surface area contributed by atoms with Crippen LogP contribution in [0.1, 0.15) is 24.0 Å². The summed E-state index contributed by atoms with van der Waals surface area (Å²) >= 11 is 0. The lowest BCUT2D eigenvalue weighted by molar-refractivity contribution is -0.144. The lowest BCUT2D eigenvalue weighted by atomic mass is 10.0. The zero-order chi connectivity index (χ0) is 19.6. The zero-order valence-electron chi connectivity index (χ0n) is 16.2. The third-order valence-corrected chi connectivity index (χ3v) is 5.67. The minimum atomic E-state index is -0.850. The minimum absolute atomic E-state index is 0.0186. The first-order valence-corrected chi connectivity index (χ1v) is 9.88. The van der Waals surface area contributed by atoms with Crippen LogP contribution in [-0.4, -0.2) is 47.9 Å². The Morgan fingerprint density at radius 3 is 2.50 bits per heavy atom. The number of amides is 2. The molecule has 2 fully saturated rings. The third-order valence-electron chi connectivity index (χ3n) is 5.67. The zero-order valence-corrected chi connectivity index (χ0v) is 16.2. The topological polar surface area (TPSA) is 65.5 Å². The van der Waals surface area contributed by atoms with E-state index in [1.807, 2.05) is 48.2 Å². The van der Waals surface area contributed by atoms with Crippen molar-refractivity contribution in [2.75, 3.05) is 31.1 Å². The number of hydrogen-bond donors (Lipinski definition) is 1. The van der Waals surface area contributed by atoms with Crippen LogP contribution in [0.3, 0.4) is 0 Å². The Bertz CT molecular complexity index is 856. The quantitative estimate of drug-likeness (QED) is 0.810. The molecule has 0 radical (unpaired) electrons. The number of piperazine rings is 1. The minimum Gasteiger partial charge on any atom is -0.353 e. The maximum atomic E-state index is 13.1. The molecule has 1 N–H and O–H groups in total. The van der Waals surface area contributed by atoms with Crippen LogP contribution in [0.2, 0.25) is 0 Å². The van der Waals surface area contributed by atoms with Gasteiger partial charge in [0.25, 0.3) is 0 Å². The van der Waals surface area contributed by atoms with Gasteiger partial charge in [0.1, 0.15) is 11.2 Å². The number of anilines is 1. The van der Waals surface area contributed by atoms with E-state index in [1.54, 1.807) is 6.20 Å². The van der Waals surface area contributed by atoms with Crippen molar-refractivity contribution in [2.45, 2.75) is 26.3 Å². The van der Waals surface area contributed by atoms with E-state index in [4.69, 9.17) is 0 Å². The molecule has 1 aromatic heterocycles. The average molecular weight is 378 g/mol. The first-order valence-electron chi connectivity index (χ1n) is 9.88. The summed E-state index contributed by atoms with van der Waals surface area (Å²) in [5.74, 6) is 0.785. The second-order valence-electron chi connectivity index (χ2n) is 7.72. The summed E-state index contributed by atoms with van der Waals surface area (Å²) < 4.78 is 0. The molecule has 0 spiro atoms. The van der Waals surface area contributed by atoms with Gasteiger partial charge in [-0.15, -0.1) is 0 Å². The number of rotatable bonds is 5. The summed E-state index contributed by atoms with van der Waals surface area (Å²) in [5.41, 5.74) is 1.37. The molecule has 0 bridgehead atoms. The number of hydrogen-bond acceptors (Lipinski definition) is 4. The van der Waals surface area contributed by atoms with Crippen LogP contribution >= 0.6 is 0 Å². The van der Waals surface area contributed by atoms with Crippen LogP contribution < -0.4 is 10.2 Å². The van der Waals surface area contributed by atoms with E-state index in [0.717, 1.165) is 30.0 Å². The number of carbonyl (C=O) groups excluding carboxylic acids is 2. The molecule has 2 aliphatic rings. The van der Waals surface area contributed by atoms with E-state index in [1.165, 1.54) is 0 Å². The number of carbonyl (C=O) groups is 2. The highest BCUT2D eigenvalue weighted by Crippen LogP contribution is 2.47. The summed E-state index contributed by atoms with van der Waals surface area (Å²) in [4.78, 5) is 34.2. The summed E-state index contributed by atoms with van der Waals surface area (Å²) in [7, 11) is 0. The largest absolute Gasteiger partial charge is 0.353 e. The Morgan fingerprint density at radius 1 is 1.07 bits per heavy atom. The van der Waals surface area contributed by atoms with Crippen molar-refractivity contribution in [3.8, 4) is 0 Å². The molecule has 2 aromatic rings. The third kappa shape index (κ3) is 3.72. The Labute approximate surface area is 165 Å². The lowest BCUT2D eigenvalue weighted by Crippen LogP contribution is -2.53. The monoisotopic (exact) mass is 378 g/mol. The SMILES string of the molecule is Cc1cccc(CNC(=O)C2(C(=O)N3CCN(c4ccccn4)CC3)CC2)c1. The van der Waals surface area contributed by atoms with Gasteiger partial charge in [-0.3, -0.25) is 9.59 Å². The van der Waals surface area contributed by atoms with Crippen LogP contribution in [0, 0.1) is 12.3 Å². The Balaban J connectivity index is 1.33. The molecule has 4 rings (SSSR count). The van der Waals surface area contributed by atoms with Gasteiger partial charge in [-0.05, 0) is 37.5 Å². The predicted octanol–water partition coefficient (Wildman–Crippen LogP) is 2.14. The molecular formula is C22H26N4O2. The molecule has 1 aliphatic carbocycles. The van der Waals surface area contributed by atoms with Crippen LogP contribution in [0.5, 0.6) is 0 Å². The molecule has 6 heteroatoms. The first-order chi connectivity index (χ1) is 13.6. The summed E-state index contributed by atoms with van der Waals surface area (Å²) in [6.45, 7) is 5.23. The molecule has 0 atom stereocenters. The molecule has 28 heavy (non-hydrogen) atoms.